The summed E-state index contributed by atoms with van der Waals surface area (Å²) in [5.41, 5.74) is 3.07. The molecule has 0 aromatic heterocycles. The van der Waals surface area contributed by atoms with Gasteiger partial charge in [0.05, 0.1) is 0 Å². The van der Waals surface area contributed by atoms with Gasteiger partial charge in [0, 0.05) is 65.4 Å². The van der Waals surface area contributed by atoms with Crippen molar-refractivity contribution in [2.45, 2.75) is 13.0 Å². The minimum absolute atomic E-state index is 1.12. The fourth-order valence-corrected chi connectivity index (χ4v) is 3.42. The van der Waals surface area contributed by atoms with E-state index in [1.165, 1.54) is 57.8 Å². The summed E-state index contributed by atoms with van der Waals surface area (Å²) in [5, 5.41) is 3.43. The number of likely N-dealkylation sites (N-methyl/N-ethyl adjacent to an activating group) is 1. The largest absolute Gasteiger partial charge is 0.314 e. The van der Waals surface area contributed by atoms with Crippen LogP contribution in [0.25, 0.3) is 0 Å². The molecule has 1 aromatic rings. The summed E-state index contributed by atoms with van der Waals surface area (Å²) >= 11 is 0. The van der Waals surface area contributed by atoms with Gasteiger partial charge in [-0.2, -0.15) is 0 Å². The lowest BCUT2D eigenvalue weighted by Crippen LogP contribution is -2.44. The topological polar surface area (TPSA) is 21.8 Å². The summed E-state index contributed by atoms with van der Waals surface area (Å²) in [6, 6.07) is 9.04. The van der Waals surface area contributed by atoms with Gasteiger partial charge in [-0.1, -0.05) is 24.3 Å². The monoisotopic (exact) mass is 302 g/mol. The number of benzene rings is 1. The van der Waals surface area contributed by atoms with Crippen molar-refractivity contribution >= 4 is 0 Å². The average Bonchev–Trinajstić information content (AvgIpc) is 2.57. The van der Waals surface area contributed by atoms with Crippen LogP contribution in [0.2, 0.25) is 0 Å². The zero-order valence-corrected chi connectivity index (χ0v) is 13.9. The molecule has 3 rings (SSSR count). The number of piperazine rings is 2. The third kappa shape index (κ3) is 4.53. The van der Waals surface area contributed by atoms with Crippen molar-refractivity contribution in [3.8, 4) is 0 Å². The van der Waals surface area contributed by atoms with E-state index in [2.05, 4.69) is 51.3 Å². The summed E-state index contributed by atoms with van der Waals surface area (Å²) in [4.78, 5) is 7.61. The minimum atomic E-state index is 1.12. The van der Waals surface area contributed by atoms with E-state index in [9.17, 15) is 0 Å². The molecule has 1 aromatic carbocycles. The molecule has 122 valence electrons. The van der Waals surface area contributed by atoms with Crippen LogP contribution in [0.15, 0.2) is 24.3 Å². The molecule has 0 radical (unpaired) electrons. The lowest BCUT2D eigenvalue weighted by atomic mass is 10.0. The lowest BCUT2D eigenvalue weighted by Gasteiger charge is -2.33. The molecule has 0 amide bonds. The molecule has 0 saturated carbocycles. The maximum absolute atomic E-state index is 3.43. The van der Waals surface area contributed by atoms with Gasteiger partial charge in [0.25, 0.3) is 0 Å². The van der Waals surface area contributed by atoms with E-state index in [1.54, 1.807) is 5.56 Å². The molecule has 2 aliphatic rings. The van der Waals surface area contributed by atoms with Crippen LogP contribution in [-0.2, 0) is 13.0 Å². The molecular formula is C18H30N4. The van der Waals surface area contributed by atoms with Crippen LogP contribution in [0.5, 0.6) is 0 Å². The molecule has 4 heteroatoms. The van der Waals surface area contributed by atoms with Gasteiger partial charge >= 0.3 is 0 Å². The van der Waals surface area contributed by atoms with Crippen LogP contribution in [0.3, 0.4) is 0 Å². The minimum Gasteiger partial charge on any atom is -0.314 e. The highest BCUT2D eigenvalue weighted by atomic mass is 15.2. The molecule has 4 nitrogen and oxygen atoms in total. The first-order valence-corrected chi connectivity index (χ1v) is 8.72. The van der Waals surface area contributed by atoms with Crippen molar-refractivity contribution in [2.75, 3.05) is 66.0 Å². The normalized spacial score (nSPS) is 22.0. The molecule has 2 aliphatic heterocycles. The van der Waals surface area contributed by atoms with E-state index in [0.717, 1.165) is 19.6 Å². The van der Waals surface area contributed by atoms with Crippen molar-refractivity contribution in [2.24, 2.45) is 0 Å². The highest BCUT2D eigenvalue weighted by Crippen LogP contribution is 2.14. The number of nitrogens with one attached hydrogen (secondary N) is 1. The Morgan fingerprint density at radius 2 is 1.55 bits per heavy atom. The summed E-state index contributed by atoms with van der Waals surface area (Å²) in [6.07, 6.45) is 1.18. The van der Waals surface area contributed by atoms with Gasteiger partial charge < -0.3 is 15.1 Å². The Morgan fingerprint density at radius 1 is 0.864 bits per heavy atom. The lowest BCUT2D eigenvalue weighted by molar-refractivity contribution is 0.148. The van der Waals surface area contributed by atoms with Gasteiger partial charge in [-0.05, 0) is 24.6 Å². The van der Waals surface area contributed by atoms with Crippen LogP contribution in [0, 0.1) is 0 Å². The Hall–Kier alpha value is -0.940. The number of hydrogen-bond donors (Lipinski definition) is 1. The molecule has 0 unspecified atom stereocenters. The maximum Gasteiger partial charge on any atom is 0.0237 e. The van der Waals surface area contributed by atoms with Crippen molar-refractivity contribution in [1.29, 1.82) is 0 Å². The van der Waals surface area contributed by atoms with Crippen LogP contribution in [0.4, 0.5) is 0 Å². The first kappa shape index (κ1) is 15.9. The first-order valence-electron chi connectivity index (χ1n) is 8.72. The second-order valence-corrected chi connectivity index (χ2v) is 6.69. The SMILES string of the molecule is CN1CCN(Cc2ccccc2CCN2CCNCC2)CC1. The van der Waals surface area contributed by atoms with E-state index in [-0.39, 0.29) is 0 Å². The molecule has 2 heterocycles. The second-order valence-electron chi connectivity index (χ2n) is 6.69. The van der Waals surface area contributed by atoms with Crippen molar-refractivity contribution in [3.63, 3.8) is 0 Å². The van der Waals surface area contributed by atoms with Crippen molar-refractivity contribution in [1.82, 2.24) is 20.0 Å². The zero-order chi connectivity index (χ0) is 15.2. The smallest absolute Gasteiger partial charge is 0.0237 e. The first-order chi connectivity index (χ1) is 10.8. The molecule has 22 heavy (non-hydrogen) atoms. The van der Waals surface area contributed by atoms with E-state index >= 15 is 0 Å². The van der Waals surface area contributed by atoms with Crippen LogP contribution in [-0.4, -0.2) is 80.7 Å². The van der Waals surface area contributed by atoms with Crippen molar-refractivity contribution < 1.29 is 0 Å². The summed E-state index contributed by atoms with van der Waals surface area (Å²) in [5.74, 6) is 0. The Morgan fingerprint density at radius 3 is 2.27 bits per heavy atom. The predicted octanol–water partition coefficient (Wildman–Crippen LogP) is 0.882. The number of nitrogens with zero attached hydrogens (tertiary/aromatic N) is 3. The average molecular weight is 302 g/mol. The Labute approximate surface area is 135 Å². The molecule has 0 bridgehead atoms. The van der Waals surface area contributed by atoms with Crippen molar-refractivity contribution in [3.05, 3.63) is 35.4 Å². The van der Waals surface area contributed by atoms with Gasteiger partial charge in [0.15, 0.2) is 0 Å². The third-order valence-electron chi connectivity index (χ3n) is 5.02. The predicted molar refractivity (Wildman–Crippen MR) is 92.2 cm³/mol. The van der Waals surface area contributed by atoms with E-state index in [1.807, 2.05) is 0 Å². The van der Waals surface area contributed by atoms with E-state index < -0.39 is 0 Å². The van der Waals surface area contributed by atoms with Crippen LogP contribution >= 0.6 is 0 Å². The molecule has 2 fully saturated rings. The Kier molecular flexibility index (Phi) is 5.84. The second kappa shape index (κ2) is 8.06. The molecule has 0 aliphatic carbocycles. The summed E-state index contributed by atoms with van der Waals surface area (Å²) in [6.45, 7) is 11.8. The fourth-order valence-electron chi connectivity index (χ4n) is 3.42. The van der Waals surface area contributed by atoms with Gasteiger partial charge in [-0.25, -0.2) is 0 Å². The van der Waals surface area contributed by atoms with Gasteiger partial charge in [0.2, 0.25) is 0 Å². The molecule has 1 N–H and O–H groups in total. The Bertz CT molecular complexity index is 448. The maximum atomic E-state index is 3.43. The Balaban J connectivity index is 1.55. The van der Waals surface area contributed by atoms with Gasteiger partial charge in [-0.3, -0.25) is 4.90 Å². The number of rotatable bonds is 5. The highest BCUT2D eigenvalue weighted by molar-refractivity contribution is 5.27. The van der Waals surface area contributed by atoms with Crippen LogP contribution in [0.1, 0.15) is 11.1 Å². The summed E-state index contributed by atoms with van der Waals surface area (Å²) < 4.78 is 0. The zero-order valence-electron chi connectivity index (χ0n) is 13.9. The van der Waals surface area contributed by atoms with Crippen LogP contribution < -0.4 is 5.32 Å². The molecule has 0 spiro atoms. The third-order valence-corrected chi connectivity index (χ3v) is 5.02. The number of hydrogen-bond acceptors (Lipinski definition) is 4. The molecular weight excluding hydrogens is 272 g/mol. The molecule has 2 saturated heterocycles. The summed E-state index contributed by atoms with van der Waals surface area (Å²) in [7, 11) is 2.22. The van der Waals surface area contributed by atoms with E-state index in [0.29, 0.717) is 0 Å². The fraction of sp³-hybridized carbons (Fsp3) is 0.667. The quantitative estimate of drug-likeness (QED) is 0.872. The van der Waals surface area contributed by atoms with Gasteiger partial charge in [0.1, 0.15) is 0 Å². The standard InChI is InChI=1S/C18H30N4/c1-20-12-14-22(15-13-20)16-18-5-3-2-4-17(18)6-9-21-10-7-19-8-11-21/h2-5,19H,6-16H2,1H3. The van der Waals surface area contributed by atoms with Gasteiger partial charge in [-0.15, -0.1) is 0 Å². The molecule has 0 atom stereocenters. The van der Waals surface area contributed by atoms with E-state index in [4.69, 9.17) is 0 Å². The highest BCUT2D eigenvalue weighted by Gasteiger charge is 2.16.